The lowest BCUT2D eigenvalue weighted by atomic mass is 9.95. The number of allylic oxidation sites excluding steroid dienone is 1. The van der Waals surface area contributed by atoms with E-state index in [0.717, 1.165) is 18.4 Å². The van der Waals surface area contributed by atoms with Gasteiger partial charge in [0.1, 0.15) is 0 Å². The highest BCUT2D eigenvalue weighted by Crippen LogP contribution is 2.30. The number of benzene rings is 1. The van der Waals surface area contributed by atoms with E-state index in [2.05, 4.69) is 6.08 Å². The minimum atomic E-state index is -0.246. The molecule has 0 saturated carbocycles. The Hall–Kier alpha value is -1.61. The van der Waals surface area contributed by atoms with Gasteiger partial charge in [0.05, 0.1) is 18.7 Å². The Morgan fingerprint density at radius 2 is 2.10 bits per heavy atom. The van der Waals surface area contributed by atoms with Crippen molar-refractivity contribution in [2.45, 2.75) is 45.2 Å². The summed E-state index contributed by atoms with van der Waals surface area (Å²) in [5.74, 6) is 0.140. The smallest absolute Gasteiger partial charge is 0.223 e. The maximum absolute atomic E-state index is 12.3. The van der Waals surface area contributed by atoms with E-state index in [9.17, 15) is 9.90 Å². The predicted molar refractivity (Wildman–Crippen MR) is 80.2 cm³/mol. The van der Waals surface area contributed by atoms with Gasteiger partial charge in [-0.15, -0.1) is 0 Å². The van der Waals surface area contributed by atoms with Gasteiger partial charge in [0.2, 0.25) is 5.91 Å². The Morgan fingerprint density at radius 1 is 1.40 bits per heavy atom. The van der Waals surface area contributed by atoms with Gasteiger partial charge in [0.25, 0.3) is 0 Å². The number of amides is 1. The highest BCUT2D eigenvalue weighted by Gasteiger charge is 2.32. The van der Waals surface area contributed by atoms with Crippen LogP contribution in [0.1, 0.15) is 44.7 Å². The summed E-state index contributed by atoms with van der Waals surface area (Å²) in [6, 6.07) is 9.64. The second kappa shape index (κ2) is 6.71. The minimum Gasteiger partial charge on any atom is -0.394 e. The van der Waals surface area contributed by atoms with Crippen LogP contribution in [0.2, 0.25) is 0 Å². The Morgan fingerprint density at radius 3 is 2.70 bits per heavy atom. The first-order chi connectivity index (χ1) is 9.63. The molecule has 108 valence electrons. The molecule has 0 spiro atoms. The molecule has 1 N–H and O–H groups in total. The number of hydrogen-bond acceptors (Lipinski definition) is 2. The third kappa shape index (κ3) is 3.28. The van der Waals surface area contributed by atoms with Crippen LogP contribution in [0.5, 0.6) is 0 Å². The highest BCUT2D eigenvalue weighted by molar-refractivity contribution is 5.78. The molecule has 0 aromatic heterocycles. The van der Waals surface area contributed by atoms with Crippen LogP contribution in [0.4, 0.5) is 0 Å². The molecular formula is C17H23NO2. The van der Waals surface area contributed by atoms with Gasteiger partial charge in [-0.3, -0.25) is 4.79 Å². The zero-order valence-electron chi connectivity index (χ0n) is 12.2. The number of aliphatic hydroxyl groups excluding tert-OH is 1. The number of piperidine rings is 1. The summed E-state index contributed by atoms with van der Waals surface area (Å²) in [4.78, 5) is 14.2. The molecule has 0 aliphatic carbocycles. The average molecular weight is 273 g/mol. The van der Waals surface area contributed by atoms with E-state index in [1.165, 1.54) is 5.57 Å². The van der Waals surface area contributed by atoms with Crippen LogP contribution < -0.4 is 0 Å². The SMILES string of the molecule is CC(C)=C[C@H]1CCCC(=O)N1[C@@H](CO)c1ccccc1. The number of likely N-dealkylation sites (tertiary alicyclic amines) is 1. The molecule has 1 heterocycles. The summed E-state index contributed by atoms with van der Waals surface area (Å²) in [6.45, 7) is 4.06. The van der Waals surface area contributed by atoms with Crippen molar-refractivity contribution in [3.63, 3.8) is 0 Å². The molecule has 1 aliphatic heterocycles. The van der Waals surface area contributed by atoms with Crippen molar-refractivity contribution in [2.24, 2.45) is 0 Å². The Balaban J connectivity index is 2.33. The molecule has 0 radical (unpaired) electrons. The summed E-state index contributed by atoms with van der Waals surface area (Å²) in [6.07, 6.45) is 4.62. The van der Waals surface area contributed by atoms with E-state index in [0.29, 0.717) is 6.42 Å². The first-order valence-corrected chi connectivity index (χ1v) is 7.25. The van der Waals surface area contributed by atoms with Gasteiger partial charge in [-0.2, -0.15) is 0 Å². The van der Waals surface area contributed by atoms with Gasteiger partial charge in [-0.1, -0.05) is 42.0 Å². The quantitative estimate of drug-likeness (QED) is 0.856. The van der Waals surface area contributed by atoms with Gasteiger partial charge < -0.3 is 10.0 Å². The van der Waals surface area contributed by atoms with E-state index < -0.39 is 0 Å². The molecule has 1 saturated heterocycles. The summed E-state index contributed by atoms with van der Waals surface area (Å²) in [5.41, 5.74) is 2.21. The third-order valence-corrected chi connectivity index (χ3v) is 3.75. The monoisotopic (exact) mass is 273 g/mol. The number of carbonyl (C=O) groups is 1. The van der Waals surface area contributed by atoms with Crippen molar-refractivity contribution in [2.75, 3.05) is 6.61 Å². The van der Waals surface area contributed by atoms with Gasteiger partial charge in [-0.25, -0.2) is 0 Å². The molecule has 3 heteroatoms. The Labute approximate surface area is 120 Å². The number of rotatable bonds is 4. The lowest BCUT2D eigenvalue weighted by Gasteiger charge is -2.40. The van der Waals surface area contributed by atoms with Crippen LogP contribution in [-0.2, 0) is 4.79 Å². The van der Waals surface area contributed by atoms with E-state index in [1.54, 1.807) is 0 Å². The maximum Gasteiger partial charge on any atom is 0.223 e. The summed E-state index contributed by atoms with van der Waals surface area (Å²) in [7, 11) is 0. The van der Waals surface area contributed by atoms with Crippen molar-refractivity contribution in [1.29, 1.82) is 0 Å². The standard InChI is InChI=1S/C17H23NO2/c1-13(2)11-15-9-6-10-17(20)18(15)16(12-19)14-7-4-3-5-8-14/h3-5,7-8,11,15-16,19H,6,9-10,12H2,1-2H3/t15-,16+/m1/s1. The number of carbonyl (C=O) groups excluding carboxylic acids is 1. The second-order valence-corrected chi connectivity index (χ2v) is 5.61. The topological polar surface area (TPSA) is 40.5 Å². The maximum atomic E-state index is 12.3. The number of aliphatic hydroxyl groups is 1. The molecule has 1 aromatic rings. The van der Waals surface area contributed by atoms with Crippen molar-refractivity contribution < 1.29 is 9.90 Å². The molecule has 1 aromatic carbocycles. The molecule has 1 fully saturated rings. The predicted octanol–water partition coefficient (Wildman–Crippen LogP) is 3.07. The lowest BCUT2D eigenvalue weighted by molar-refractivity contribution is -0.139. The minimum absolute atomic E-state index is 0.0388. The molecule has 20 heavy (non-hydrogen) atoms. The van der Waals surface area contributed by atoms with Crippen LogP contribution in [0, 0.1) is 0 Å². The Kier molecular flexibility index (Phi) is 4.96. The normalized spacial score (nSPS) is 20.6. The molecule has 1 amide bonds. The summed E-state index contributed by atoms with van der Waals surface area (Å²) < 4.78 is 0. The largest absolute Gasteiger partial charge is 0.394 e. The van der Waals surface area contributed by atoms with Crippen molar-refractivity contribution in [3.05, 3.63) is 47.5 Å². The van der Waals surface area contributed by atoms with Gasteiger partial charge >= 0.3 is 0 Å². The van der Waals surface area contributed by atoms with E-state index in [4.69, 9.17) is 0 Å². The first kappa shape index (κ1) is 14.8. The van der Waals surface area contributed by atoms with E-state index in [-0.39, 0.29) is 24.6 Å². The van der Waals surface area contributed by atoms with Crippen LogP contribution >= 0.6 is 0 Å². The first-order valence-electron chi connectivity index (χ1n) is 7.25. The molecule has 2 rings (SSSR count). The molecule has 0 bridgehead atoms. The fourth-order valence-electron chi connectivity index (χ4n) is 2.90. The van der Waals surface area contributed by atoms with Gasteiger partial charge in [-0.05, 0) is 32.3 Å². The van der Waals surface area contributed by atoms with Crippen molar-refractivity contribution in [1.82, 2.24) is 4.90 Å². The van der Waals surface area contributed by atoms with Gasteiger partial charge in [0, 0.05) is 6.42 Å². The van der Waals surface area contributed by atoms with Gasteiger partial charge in [0.15, 0.2) is 0 Å². The lowest BCUT2D eigenvalue weighted by Crippen LogP contribution is -2.46. The van der Waals surface area contributed by atoms with Crippen LogP contribution in [0.25, 0.3) is 0 Å². The van der Waals surface area contributed by atoms with Crippen molar-refractivity contribution >= 4 is 5.91 Å². The number of nitrogens with zero attached hydrogens (tertiary/aromatic N) is 1. The third-order valence-electron chi connectivity index (χ3n) is 3.75. The van der Waals surface area contributed by atoms with Crippen LogP contribution in [0.15, 0.2) is 42.0 Å². The fourth-order valence-corrected chi connectivity index (χ4v) is 2.90. The van der Waals surface area contributed by atoms with Crippen molar-refractivity contribution in [3.8, 4) is 0 Å². The molecular weight excluding hydrogens is 250 g/mol. The zero-order valence-corrected chi connectivity index (χ0v) is 12.2. The highest BCUT2D eigenvalue weighted by atomic mass is 16.3. The van der Waals surface area contributed by atoms with E-state index >= 15 is 0 Å². The molecule has 3 nitrogen and oxygen atoms in total. The zero-order chi connectivity index (χ0) is 14.5. The van der Waals surface area contributed by atoms with Crippen LogP contribution in [0.3, 0.4) is 0 Å². The average Bonchev–Trinajstić information content (AvgIpc) is 2.43. The Bertz CT molecular complexity index is 477. The molecule has 2 atom stereocenters. The molecule has 0 unspecified atom stereocenters. The molecule has 1 aliphatic rings. The van der Waals surface area contributed by atoms with E-state index in [1.807, 2.05) is 49.1 Å². The van der Waals surface area contributed by atoms with Crippen LogP contribution in [-0.4, -0.2) is 28.6 Å². The summed E-state index contributed by atoms with van der Waals surface area (Å²) >= 11 is 0. The fraction of sp³-hybridized carbons (Fsp3) is 0.471. The second-order valence-electron chi connectivity index (χ2n) is 5.61. The number of hydrogen-bond donors (Lipinski definition) is 1. The summed E-state index contributed by atoms with van der Waals surface area (Å²) in [5, 5.41) is 9.79.